The van der Waals surface area contributed by atoms with E-state index in [2.05, 4.69) is 15.3 Å². The van der Waals surface area contributed by atoms with Gasteiger partial charge in [0.1, 0.15) is 17.8 Å². The van der Waals surface area contributed by atoms with E-state index in [1.165, 1.54) is 0 Å². The summed E-state index contributed by atoms with van der Waals surface area (Å²) in [4.78, 5) is 17.4. The number of thioether (sulfide) groups is 1. The Hall–Kier alpha value is -1.69. The summed E-state index contributed by atoms with van der Waals surface area (Å²) >= 11 is 1.06. The van der Waals surface area contributed by atoms with Crippen LogP contribution in [0.4, 0.5) is 17.3 Å². The van der Waals surface area contributed by atoms with Gasteiger partial charge in [-0.15, -0.1) is 11.8 Å². The monoisotopic (exact) mass is 303 g/mol. The number of nitrogens with zero attached hydrogens (tertiary/aromatic N) is 3. The molecule has 1 aromatic heterocycles. The Labute approximate surface area is 117 Å². The van der Waals surface area contributed by atoms with E-state index in [1.807, 2.05) is 0 Å². The van der Waals surface area contributed by atoms with E-state index < -0.39 is 33.4 Å². The maximum atomic E-state index is 10.9. The van der Waals surface area contributed by atoms with Crippen LogP contribution in [0.3, 0.4) is 0 Å². The molecule has 0 saturated carbocycles. The summed E-state index contributed by atoms with van der Waals surface area (Å²) in [5.74, 6) is -0.450. The number of anilines is 2. The molecule has 0 aliphatic carbocycles. The van der Waals surface area contributed by atoms with Crippen molar-refractivity contribution in [3.8, 4) is 0 Å². The van der Waals surface area contributed by atoms with Gasteiger partial charge in [-0.1, -0.05) is 0 Å². The molecule has 20 heavy (non-hydrogen) atoms. The predicted octanol–water partition coefficient (Wildman–Crippen LogP) is -1.47. The zero-order chi connectivity index (χ0) is 14.9. The molecule has 2 heterocycles. The number of aliphatic hydroxyl groups is 3. The zero-order valence-corrected chi connectivity index (χ0v) is 10.9. The molecule has 6 N–H and O–H groups in total. The van der Waals surface area contributed by atoms with Gasteiger partial charge in [-0.25, -0.2) is 9.97 Å². The highest BCUT2D eigenvalue weighted by Gasteiger charge is 2.42. The number of hydrogen-bond acceptors (Lipinski definition) is 10. The standard InChI is InChI=1S/C9H13N5O5S/c10-7-4(14(18)19)8(12-2-11-7)13-9-6(17)5(16)3(1-15)20-9/h2-3,5-6,9,15-17H,1H2,(H3,10,11,12,13). The third-order valence-electron chi connectivity index (χ3n) is 2.85. The maximum Gasteiger partial charge on any atom is 0.353 e. The van der Waals surface area contributed by atoms with E-state index in [0.29, 0.717) is 0 Å². The van der Waals surface area contributed by atoms with Crippen molar-refractivity contribution in [3.63, 3.8) is 0 Å². The van der Waals surface area contributed by atoms with E-state index in [4.69, 9.17) is 10.8 Å². The van der Waals surface area contributed by atoms with Gasteiger partial charge >= 0.3 is 5.69 Å². The summed E-state index contributed by atoms with van der Waals surface area (Å²) in [5, 5.41) is 40.8. The quantitative estimate of drug-likeness (QED) is 0.327. The first-order chi connectivity index (χ1) is 9.45. The first-order valence-corrected chi connectivity index (χ1v) is 6.53. The minimum absolute atomic E-state index is 0.148. The molecule has 0 spiro atoms. The molecule has 1 aliphatic heterocycles. The summed E-state index contributed by atoms with van der Waals surface area (Å²) in [6, 6.07) is 0. The highest BCUT2D eigenvalue weighted by atomic mass is 32.2. The molecule has 1 fully saturated rings. The lowest BCUT2D eigenvalue weighted by Gasteiger charge is -2.17. The van der Waals surface area contributed by atoms with Gasteiger partial charge in [0.15, 0.2) is 0 Å². The normalized spacial score (nSPS) is 29.4. The molecule has 1 saturated heterocycles. The number of nitrogens with one attached hydrogen (secondary N) is 1. The molecule has 4 atom stereocenters. The Kier molecular flexibility index (Phi) is 4.23. The summed E-state index contributed by atoms with van der Waals surface area (Å²) in [7, 11) is 0. The Balaban J connectivity index is 2.23. The molecule has 10 nitrogen and oxygen atoms in total. The van der Waals surface area contributed by atoms with Crippen molar-refractivity contribution in [2.75, 3.05) is 17.7 Å². The number of hydrogen-bond donors (Lipinski definition) is 5. The lowest BCUT2D eigenvalue weighted by Crippen LogP contribution is -2.36. The largest absolute Gasteiger partial charge is 0.395 e. The number of rotatable bonds is 4. The number of nitro groups is 1. The van der Waals surface area contributed by atoms with Crippen molar-refractivity contribution in [1.29, 1.82) is 0 Å². The fraction of sp³-hybridized carbons (Fsp3) is 0.556. The van der Waals surface area contributed by atoms with Gasteiger partial charge in [-0.2, -0.15) is 0 Å². The second-order valence-corrected chi connectivity index (χ2v) is 5.50. The summed E-state index contributed by atoms with van der Waals surface area (Å²) < 4.78 is 0. The van der Waals surface area contributed by atoms with Crippen LogP contribution in [0, 0.1) is 10.1 Å². The second-order valence-electron chi connectivity index (χ2n) is 4.12. The third-order valence-corrected chi connectivity index (χ3v) is 4.32. The highest BCUT2D eigenvalue weighted by Crippen LogP contribution is 2.36. The Morgan fingerprint density at radius 1 is 1.45 bits per heavy atom. The molecule has 0 amide bonds. The van der Waals surface area contributed by atoms with Gasteiger partial charge in [-0.05, 0) is 0 Å². The van der Waals surface area contributed by atoms with Gasteiger partial charge in [0.25, 0.3) is 0 Å². The van der Waals surface area contributed by atoms with Crippen LogP contribution in [0.25, 0.3) is 0 Å². The van der Waals surface area contributed by atoms with Crippen molar-refractivity contribution in [1.82, 2.24) is 9.97 Å². The number of nitrogens with two attached hydrogens (primary N) is 1. The molecule has 2 rings (SSSR count). The van der Waals surface area contributed by atoms with Crippen LogP contribution < -0.4 is 11.1 Å². The lowest BCUT2D eigenvalue weighted by atomic mass is 10.1. The lowest BCUT2D eigenvalue weighted by molar-refractivity contribution is -0.383. The zero-order valence-electron chi connectivity index (χ0n) is 10.1. The van der Waals surface area contributed by atoms with Crippen LogP contribution in [-0.2, 0) is 0 Å². The average Bonchev–Trinajstić information content (AvgIpc) is 2.66. The Morgan fingerprint density at radius 2 is 2.15 bits per heavy atom. The number of aromatic nitrogens is 2. The Morgan fingerprint density at radius 3 is 2.70 bits per heavy atom. The van der Waals surface area contributed by atoms with Gasteiger partial charge in [-0.3, -0.25) is 10.1 Å². The van der Waals surface area contributed by atoms with Crippen LogP contribution in [0.2, 0.25) is 0 Å². The molecule has 4 unspecified atom stereocenters. The fourth-order valence-electron chi connectivity index (χ4n) is 1.83. The van der Waals surface area contributed by atoms with Gasteiger partial charge in [0.2, 0.25) is 11.6 Å². The van der Waals surface area contributed by atoms with Gasteiger partial charge < -0.3 is 26.4 Å². The summed E-state index contributed by atoms with van der Waals surface area (Å²) in [6.45, 7) is -0.324. The molecular formula is C9H13N5O5S. The molecule has 0 radical (unpaired) electrons. The third kappa shape index (κ3) is 2.60. The average molecular weight is 303 g/mol. The van der Waals surface area contributed by atoms with Gasteiger partial charge in [0.05, 0.1) is 22.9 Å². The van der Waals surface area contributed by atoms with E-state index in [0.717, 1.165) is 18.1 Å². The van der Waals surface area contributed by atoms with Crippen molar-refractivity contribution in [3.05, 3.63) is 16.4 Å². The van der Waals surface area contributed by atoms with E-state index in [1.54, 1.807) is 0 Å². The van der Waals surface area contributed by atoms with Crippen molar-refractivity contribution >= 4 is 29.1 Å². The molecular weight excluding hydrogens is 290 g/mol. The maximum absolute atomic E-state index is 10.9. The van der Waals surface area contributed by atoms with E-state index in [9.17, 15) is 20.3 Å². The van der Waals surface area contributed by atoms with Crippen LogP contribution in [-0.4, -0.2) is 59.6 Å². The topological polar surface area (TPSA) is 168 Å². The highest BCUT2D eigenvalue weighted by molar-refractivity contribution is 8.01. The van der Waals surface area contributed by atoms with Gasteiger partial charge in [0, 0.05) is 0 Å². The van der Waals surface area contributed by atoms with Crippen LogP contribution in [0.15, 0.2) is 6.33 Å². The van der Waals surface area contributed by atoms with E-state index in [-0.39, 0.29) is 18.2 Å². The van der Waals surface area contributed by atoms with Crippen molar-refractivity contribution in [2.24, 2.45) is 0 Å². The first kappa shape index (κ1) is 14.7. The second kappa shape index (κ2) is 5.75. The molecule has 0 aromatic carbocycles. The molecule has 0 bridgehead atoms. The van der Waals surface area contributed by atoms with Crippen LogP contribution >= 0.6 is 11.8 Å². The van der Waals surface area contributed by atoms with Crippen molar-refractivity contribution < 1.29 is 20.2 Å². The molecule has 110 valence electrons. The fourth-order valence-corrected chi connectivity index (χ4v) is 3.12. The number of aliphatic hydroxyl groups excluding tert-OH is 3. The van der Waals surface area contributed by atoms with Crippen molar-refractivity contribution in [2.45, 2.75) is 22.8 Å². The molecule has 1 aromatic rings. The van der Waals surface area contributed by atoms with Crippen LogP contribution in [0.5, 0.6) is 0 Å². The molecule has 11 heteroatoms. The van der Waals surface area contributed by atoms with E-state index >= 15 is 0 Å². The smallest absolute Gasteiger partial charge is 0.353 e. The minimum Gasteiger partial charge on any atom is -0.395 e. The number of nitrogen functional groups attached to an aromatic ring is 1. The van der Waals surface area contributed by atoms with Crippen LogP contribution in [0.1, 0.15) is 0 Å². The predicted molar refractivity (Wildman–Crippen MR) is 71.0 cm³/mol. The first-order valence-electron chi connectivity index (χ1n) is 5.59. The SMILES string of the molecule is Nc1ncnc(NC2SC(CO)C(O)C2O)c1[N+](=O)[O-]. The minimum atomic E-state index is -1.20. The summed E-state index contributed by atoms with van der Waals surface area (Å²) in [6.07, 6.45) is -1.29. The molecule has 1 aliphatic rings. The Bertz CT molecular complexity index is 518. The summed E-state index contributed by atoms with van der Waals surface area (Å²) in [5.41, 5.74) is 4.92.